The van der Waals surface area contributed by atoms with Gasteiger partial charge in [0.25, 0.3) is 5.91 Å². The first-order valence-corrected chi connectivity index (χ1v) is 11.0. The molecule has 7 heteroatoms. The third-order valence-electron chi connectivity index (χ3n) is 5.17. The zero-order valence-corrected chi connectivity index (χ0v) is 17.4. The van der Waals surface area contributed by atoms with E-state index in [4.69, 9.17) is 4.74 Å². The lowest BCUT2D eigenvalue weighted by Crippen LogP contribution is -2.36. The molecule has 0 bridgehead atoms. The fourth-order valence-corrected chi connectivity index (χ4v) is 5.16. The van der Waals surface area contributed by atoms with E-state index in [9.17, 15) is 13.2 Å². The minimum Gasteiger partial charge on any atom is -0.495 e. The first-order valence-electron chi connectivity index (χ1n) is 9.60. The summed E-state index contributed by atoms with van der Waals surface area (Å²) in [6, 6.07) is 21.3. The largest absolute Gasteiger partial charge is 0.495 e. The smallest absolute Gasteiger partial charge is 0.255 e. The topological polar surface area (TPSA) is 75.7 Å². The number of sulfonamides is 1. The SMILES string of the molecule is COc1ccc(C(=O)Nc2ccccc2)cc1S(=O)(=O)N1CCc2ccccc2C1. The van der Waals surface area contributed by atoms with Crippen molar-refractivity contribution in [1.82, 2.24) is 4.31 Å². The van der Waals surface area contributed by atoms with Gasteiger partial charge in [0.1, 0.15) is 10.6 Å². The highest BCUT2D eigenvalue weighted by Crippen LogP contribution is 2.31. The summed E-state index contributed by atoms with van der Waals surface area (Å²) in [5.41, 5.74) is 3.03. The Kier molecular flexibility index (Phi) is 5.57. The molecule has 1 aliphatic rings. The number of nitrogens with zero attached hydrogens (tertiary/aromatic N) is 1. The zero-order chi connectivity index (χ0) is 21.1. The minimum absolute atomic E-state index is 0.00917. The molecule has 6 nitrogen and oxygen atoms in total. The van der Waals surface area contributed by atoms with Crippen LogP contribution in [0.25, 0.3) is 0 Å². The number of nitrogens with one attached hydrogen (secondary N) is 1. The first kappa shape index (κ1) is 20.1. The van der Waals surface area contributed by atoms with Crippen molar-refractivity contribution < 1.29 is 17.9 Å². The van der Waals surface area contributed by atoms with E-state index in [1.807, 2.05) is 42.5 Å². The van der Waals surface area contributed by atoms with Gasteiger partial charge in [0.15, 0.2) is 0 Å². The normalized spacial score (nSPS) is 14.0. The molecule has 0 saturated heterocycles. The second kappa shape index (κ2) is 8.30. The summed E-state index contributed by atoms with van der Waals surface area (Å²) in [4.78, 5) is 12.7. The van der Waals surface area contributed by atoms with Crippen LogP contribution in [-0.2, 0) is 23.0 Å². The van der Waals surface area contributed by atoms with Gasteiger partial charge in [-0.1, -0.05) is 42.5 Å². The van der Waals surface area contributed by atoms with Crippen molar-refractivity contribution in [3.05, 3.63) is 89.5 Å². The van der Waals surface area contributed by atoms with Crippen molar-refractivity contribution >= 4 is 21.6 Å². The quantitative estimate of drug-likeness (QED) is 0.680. The van der Waals surface area contributed by atoms with Crippen LogP contribution in [0.5, 0.6) is 5.75 Å². The van der Waals surface area contributed by atoms with Crippen molar-refractivity contribution in [2.24, 2.45) is 0 Å². The van der Waals surface area contributed by atoms with Crippen LogP contribution >= 0.6 is 0 Å². The lowest BCUT2D eigenvalue weighted by molar-refractivity contribution is 0.102. The first-order chi connectivity index (χ1) is 14.5. The van der Waals surface area contributed by atoms with Crippen LogP contribution in [0.1, 0.15) is 21.5 Å². The van der Waals surface area contributed by atoms with E-state index >= 15 is 0 Å². The maximum Gasteiger partial charge on any atom is 0.255 e. The van der Waals surface area contributed by atoms with Gasteiger partial charge in [0, 0.05) is 24.3 Å². The molecular formula is C23H22N2O4S. The molecule has 4 rings (SSSR count). The van der Waals surface area contributed by atoms with E-state index in [0.29, 0.717) is 25.2 Å². The van der Waals surface area contributed by atoms with Gasteiger partial charge in [0.05, 0.1) is 7.11 Å². The third kappa shape index (κ3) is 3.94. The van der Waals surface area contributed by atoms with Crippen molar-refractivity contribution in [3.8, 4) is 5.75 Å². The van der Waals surface area contributed by atoms with E-state index in [-0.39, 0.29) is 22.1 Å². The van der Waals surface area contributed by atoms with Crippen LogP contribution in [0.15, 0.2) is 77.7 Å². The van der Waals surface area contributed by atoms with E-state index < -0.39 is 10.0 Å². The molecule has 1 N–H and O–H groups in total. The number of hydrogen-bond acceptors (Lipinski definition) is 4. The lowest BCUT2D eigenvalue weighted by atomic mass is 10.0. The Labute approximate surface area is 176 Å². The Morgan fingerprint density at radius 1 is 0.967 bits per heavy atom. The molecule has 1 amide bonds. The molecule has 1 aliphatic heterocycles. The summed E-state index contributed by atoms with van der Waals surface area (Å²) < 4.78 is 33.6. The molecule has 30 heavy (non-hydrogen) atoms. The Hall–Kier alpha value is -3.16. The van der Waals surface area contributed by atoms with E-state index in [1.165, 1.54) is 23.5 Å². The molecule has 0 saturated carbocycles. The average Bonchev–Trinajstić information content (AvgIpc) is 2.79. The average molecular weight is 423 g/mol. The van der Waals surface area contributed by atoms with Crippen LogP contribution in [0.2, 0.25) is 0 Å². The fourth-order valence-electron chi connectivity index (χ4n) is 3.56. The molecule has 0 radical (unpaired) electrons. The standard InChI is InChI=1S/C23H22N2O4S/c1-29-21-12-11-18(23(26)24-20-9-3-2-4-10-20)15-22(21)30(27,28)25-14-13-17-7-5-6-8-19(17)16-25/h2-12,15H,13-14,16H2,1H3,(H,24,26). The number of fused-ring (bicyclic) bond motifs is 1. The summed E-state index contributed by atoms with van der Waals surface area (Å²) in [6.45, 7) is 0.672. The third-order valence-corrected chi connectivity index (χ3v) is 7.04. The highest BCUT2D eigenvalue weighted by Gasteiger charge is 2.31. The minimum atomic E-state index is -3.85. The zero-order valence-electron chi connectivity index (χ0n) is 16.5. The van der Waals surface area contributed by atoms with Gasteiger partial charge < -0.3 is 10.1 Å². The van der Waals surface area contributed by atoms with Crippen molar-refractivity contribution in [2.75, 3.05) is 19.0 Å². The maximum absolute atomic E-state index is 13.4. The van der Waals surface area contributed by atoms with Crippen molar-refractivity contribution in [2.45, 2.75) is 17.9 Å². The number of carbonyl (C=O) groups excluding carboxylic acids is 1. The molecule has 0 aliphatic carbocycles. The van der Waals surface area contributed by atoms with Crippen LogP contribution in [0.3, 0.4) is 0 Å². The molecule has 3 aromatic carbocycles. The van der Waals surface area contributed by atoms with Crippen LogP contribution in [0.4, 0.5) is 5.69 Å². The van der Waals surface area contributed by atoms with Crippen molar-refractivity contribution in [1.29, 1.82) is 0 Å². The summed E-state index contributed by atoms with van der Waals surface area (Å²) in [6.07, 6.45) is 0.645. The highest BCUT2D eigenvalue weighted by molar-refractivity contribution is 7.89. The van der Waals surface area contributed by atoms with E-state index in [2.05, 4.69) is 5.32 Å². The number of benzene rings is 3. The van der Waals surface area contributed by atoms with E-state index in [1.54, 1.807) is 18.2 Å². The van der Waals surface area contributed by atoms with Crippen LogP contribution < -0.4 is 10.1 Å². The van der Waals surface area contributed by atoms with Gasteiger partial charge in [-0.2, -0.15) is 4.31 Å². The Morgan fingerprint density at radius 2 is 1.67 bits per heavy atom. The van der Waals surface area contributed by atoms with Crippen molar-refractivity contribution in [3.63, 3.8) is 0 Å². The van der Waals surface area contributed by atoms with Gasteiger partial charge in [-0.15, -0.1) is 0 Å². The van der Waals surface area contributed by atoms with Gasteiger partial charge in [0.2, 0.25) is 10.0 Å². The van der Waals surface area contributed by atoms with Gasteiger partial charge in [-0.3, -0.25) is 4.79 Å². The summed E-state index contributed by atoms with van der Waals surface area (Å²) in [5, 5.41) is 2.78. The number of hydrogen-bond donors (Lipinski definition) is 1. The highest BCUT2D eigenvalue weighted by atomic mass is 32.2. The Bertz CT molecular complexity index is 1180. The molecule has 0 atom stereocenters. The van der Waals surface area contributed by atoms with Gasteiger partial charge in [-0.05, 0) is 47.9 Å². The second-order valence-corrected chi connectivity index (χ2v) is 8.95. The summed E-state index contributed by atoms with van der Waals surface area (Å²) in [7, 11) is -2.43. The summed E-state index contributed by atoms with van der Waals surface area (Å²) in [5.74, 6) is -0.172. The monoisotopic (exact) mass is 422 g/mol. The molecule has 0 fully saturated rings. The number of ether oxygens (including phenoxy) is 1. The molecule has 0 aromatic heterocycles. The predicted molar refractivity (Wildman–Crippen MR) is 115 cm³/mol. The molecule has 154 valence electrons. The summed E-state index contributed by atoms with van der Waals surface area (Å²) >= 11 is 0. The van der Waals surface area contributed by atoms with E-state index in [0.717, 1.165) is 11.1 Å². The number of anilines is 1. The Balaban J connectivity index is 1.65. The molecule has 1 heterocycles. The maximum atomic E-state index is 13.4. The molecule has 0 spiro atoms. The number of para-hydroxylation sites is 1. The molecular weight excluding hydrogens is 400 g/mol. The van der Waals surface area contributed by atoms with Crippen LogP contribution in [-0.4, -0.2) is 32.3 Å². The Morgan fingerprint density at radius 3 is 2.40 bits per heavy atom. The predicted octanol–water partition coefficient (Wildman–Crippen LogP) is 3.69. The molecule has 0 unspecified atom stereocenters. The van der Waals surface area contributed by atoms with Crippen LogP contribution in [0, 0.1) is 0 Å². The molecule has 3 aromatic rings. The number of rotatable bonds is 5. The number of methoxy groups -OCH3 is 1. The lowest BCUT2D eigenvalue weighted by Gasteiger charge is -2.28. The fraction of sp³-hybridized carbons (Fsp3) is 0.174. The number of amides is 1. The van der Waals surface area contributed by atoms with Gasteiger partial charge >= 0.3 is 0 Å². The van der Waals surface area contributed by atoms with Gasteiger partial charge in [-0.25, -0.2) is 8.42 Å². The second-order valence-electron chi connectivity index (χ2n) is 7.04. The number of carbonyl (C=O) groups is 1.